The van der Waals surface area contributed by atoms with Gasteiger partial charge in [-0.1, -0.05) is 38.1 Å². The molecule has 0 aliphatic heterocycles. The van der Waals surface area contributed by atoms with Crippen molar-refractivity contribution in [2.75, 3.05) is 6.61 Å². The number of nitrogens with zero attached hydrogens (tertiary/aromatic N) is 2. The van der Waals surface area contributed by atoms with Crippen LogP contribution in [0.4, 0.5) is 0 Å². The molecule has 0 aliphatic rings. The van der Waals surface area contributed by atoms with Gasteiger partial charge >= 0.3 is 0 Å². The number of carbonyl (C=O) groups is 1. The van der Waals surface area contributed by atoms with E-state index in [0.717, 1.165) is 23.4 Å². The van der Waals surface area contributed by atoms with Crippen molar-refractivity contribution in [2.24, 2.45) is 0 Å². The van der Waals surface area contributed by atoms with Gasteiger partial charge < -0.3 is 4.74 Å². The van der Waals surface area contributed by atoms with Crippen molar-refractivity contribution in [3.8, 4) is 11.3 Å². The molecular formula is C20H30N2O2. The summed E-state index contributed by atoms with van der Waals surface area (Å²) >= 11 is 0. The standard InChI is InChI=1S/C18H24N2O2.C2H6/c1-14(21)13-15-5-7-16(8-6-15)17-9-10-20(19-17)11-12-22-18(2,3)4;1-2/h5-10H,11-13H2,1-4H3;1-2H3. The molecule has 1 aromatic carbocycles. The Morgan fingerprint density at radius 1 is 1.12 bits per heavy atom. The summed E-state index contributed by atoms with van der Waals surface area (Å²) in [4.78, 5) is 11.1. The zero-order valence-electron chi connectivity index (χ0n) is 15.8. The molecule has 0 amide bonds. The molecule has 2 rings (SSSR count). The van der Waals surface area contributed by atoms with Crippen LogP contribution in [0.3, 0.4) is 0 Å². The maximum absolute atomic E-state index is 11.1. The quantitative estimate of drug-likeness (QED) is 0.782. The second kappa shape index (κ2) is 9.38. The molecule has 4 nitrogen and oxygen atoms in total. The number of hydrogen-bond acceptors (Lipinski definition) is 3. The fourth-order valence-corrected chi connectivity index (χ4v) is 2.17. The lowest BCUT2D eigenvalue weighted by atomic mass is 10.1. The highest BCUT2D eigenvalue weighted by atomic mass is 16.5. The number of carbonyl (C=O) groups excluding carboxylic acids is 1. The third kappa shape index (κ3) is 7.09. The number of ether oxygens (including phenoxy) is 1. The molecule has 0 spiro atoms. The SMILES string of the molecule is CC.CC(=O)Cc1ccc(-c2ccn(CCOC(C)(C)C)n2)cc1. The van der Waals surface area contributed by atoms with E-state index in [9.17, 15) is 4.79 Å². The Labute approximate surface area is 145 Å². The molecule has 0 N–H and O–H groups in total. The first-order chi connectivity index (χ1) is 11.3. The summed E-state index contributed by atoms with van der Waals surface area (Å²) < 4.78 is 7.60. The van der Waals surface area contributed by atoms with Crippen molar-refractivity contribution >= 4 is 5.78 Å². The van der Waals surface area contributed by atoms with Crippen LogP contribution < -0.4 is 0 Å². The monoisotopic (exact) mass is 330 g/mol. The maximum Gasteiger partial charge on any atom is 0.134 e. The molecule has 2 aromatic rings. The van der Waals surface area contributed by atoms with Gasteiger partial charge in [0.1, 0.15) is 5.78 Å². The van der Waals surface area contributed by atoms with E-state index in [1.54, 1.807) is 6.92 Å². The molecule has 0 radical (unpaired) electrons. The van der Waals surface area contributed by atoms with Crippen LogP contribution in [-0.4, -0.2) is 27.8 Å². The lowest BCUT2D eigenvalue weighted by Gasteiger charge is -2.19. The largest absolute Gasteiger partial charge is 0.374 e. The maximum atomic E-state index is 11.1. The van der Waals surface area contributed by atoms with E-state index in [2.05, 4.69) is 5.10 Å². The van der Waals surface area contributed by atoms with Crippen molar-refractivity contribution in [3.05, 3.63) is 42.1 Å². The minimum Gasteiger partial charge on any atom is -0.374 e. The molecule has 0 unspecified atom stereocenters. The van der Waals surface area contributed by atoms with Gasteiger partial charge in [-0.15, -0.1) is 0 Å². The molecule has 0 atom stereocenters. The van der Waals surface area contributed by atoms with Gasteiger partial charge in [0.05, 0.1) is 24.4 Å². The molecule has 1 heterocycles. The van der Waals surface area contributed by atoms with Crippen LogP contribution in [0, 0.1) is 0 Å². The average Bonchev–Trinajstić information content (AvgIpc) is 2.97. The van der Waals surface area contributed by atoms with Gasteiger partial charge in [0.25, 0.3) is 0 Å². The highest BCUT2D eigenvalue weighted by Gasteiger charge is 2.10. The van der Waals surface area contributed by atoms with Gasteiger partial charge in [-0.25, -0.2) is 0 Å². The molecular weight excluding hydrogens is 300 g/mol. The minimum absolute atomic E-state index is 0.122. The fourth-order valence-electron chi connectivity index (χ4n) is 2.17. The van der Waals surface area contributed by atoms with E-state index in [1.807, 2.05) is 75.8 Å². The number of rotatable bonds is 6. The molecule has 0 bridgehead atoms. The van der Waals surface area contributed by atoms with Crippen LogP contribution in [0.25, 0.3) is 11.3 Å². The fraction of sp³-hybridized carbons (Fsp3) is 0.500. The number of aromatic nitrogens is 2. The van der Waals surface area contributed by atoms with Gasteiger partial charge in [-0.3, -0.25) is 9.48 Å². The van der Waals surface area contributed by atoms with E-state index in [0.29, 0.717) is 13.0 Å². The summed E-state index contributed by atoms with van der Waals surface area (Å²) in [6, 6.07) is 9.99. The Morgan fingerprint density at radius 2 is 1.75 bits per heavy atom. The van der Waals surface area contributed by atoms with Crippen molar-refractivity contribution in [3.63, 3.8) is 0 Å². The van der Waals surface area contributed by atoms with Crippen molar-refractivity contribution in [2.45, 2.75) is 60.1 Å². The van der Waals surface area contributed by atoms with Crippen molar-refractivity contribution in [1.29, 1.82) is 0 Å². The predicted octanol–water partition coefficient (Wildman–Crippen LogP) is 4.52. The molecule has 0 aliphatic carbocycles. The molecule has 0 fully saturated rings. The molecule has 1 aromatic heterocycles. The van der Waals surface area contributed by atoms with Crippen LogP contribution >= 0.6 is 0 Å². The van der Waals surface area contributed by atoms with Crippen molar-refractivity contribution in [1.82, 2.24) is 9.78 Å². The Kier molecular flexibility index (Phi) is 7.86. The van der Waals surface area contributed by atoms with Crippen LogP contribution in [0.5, 0.6) is 0 Å². The highest BCUT2D eigenvalue weighted by molar-refractivity contribution is 5.78. The lowest BCUT2D eigenvalue weighted by Crippen LogP contribution is -2.22. The van der Waals surface area contributed by atoms with Gasteiger partial charge in [-0.05, 0) is 39.3 Å². The van der Waals surface area contributed by atoms with Gasteiger partial charge in [0, 0.05) is 18.2 Å². The summed E-state index contributed by atoms with van der Waals surface area (Å²) in [6.45, 7) is 13.1. The zero-order valence-corrected chi connectivity index (χ0v) is 15.8. The molecule has 0 saturated carbocycles. The third-order valence-corrected chi connectivity index (χ3v) is 3.20. The van der Waals surface area contributed by atoms with Crippen LogP contribution in [-0.2, 0) is 22.5 Å². The molecule has 0 saturated heterocycles. The van der Waals surface area contributed by atoms with E-state index in [1.165, 1.54) is 0 Å². The van der Waals surface area contributed by atoms with E-state index < -0.39 is 0 Å². The Morgan fingerprint density at radius 3 is 2.29 bits per heavy atom. The van der Waals surface area contributed by atoms with Gasteiger partial charge in [0.15, 0.2) is 0 Å². The summed E-state index contributed by atoms with van der Waals surface area (Å²) in [6.07, 6.45) is 2.45. The zero-order chi connectivity index (χ0) is 18.2. The average molecular weight is 330 g/mol. The molecule has 132 valence electrons. The topological polar surface area (TPSA) is 44.1 Å². The third-order valence-electron chi connectivity index (χ3n) is 3.20. The first-order valence-corrected chi connectivity index (χ1v) is 8.60. The van der Waals surface area contributed by atoms with Crippen LogP contribution in [0.15, 0.2) is 36.5 Å². The Hall–Kier alpha value is -1.94. The predicted molar refractivity (Wildman–Crippen MR) is 99.1 cm³/mol. The summed E-state index contributed by atoms with van der Waals surface area (Å²) in [5, 5.41) is 4.56. The summed E-state index contributed by atoms with van der Waals surface area (Å²) in [7, 11) is 0. The highest BCUT2D eigenvalue weighted by Crippen LogP contribution is 2.18. The first-order valence-electron chi connectivity index (χ1n) is 8.60. The van der Waals surface area contributed by atoms with E-state index in [4.69, 9.17) is 4.74 Å². The normalized spacial score (nSPS) is 10.9. The van der Waals surface area contributed by atoms with Gasteiger partial charge in [-0.2, -0.15) is 5.10 Å². The van der Waals surface area contributed by atoms with Crippen LogP contribution in [0.1, 0.15) is 47.1 Å². The van der Waals surface area contributed by atoms with E-state index >= 15 is 0 Å². The summed E-state index contributed by atoms with van der Waals surface area (Å²) in [5.74, 6) is 0.177. The van der Waals surface area contributed by atoms with Gasteiger partial charge in [0.2, 0.25) is 0 Å². The van der Waals surface area contributed by atoms with E-state index in [-0.39, 0.29) is 11.4 Å². The van der Waals surface area contributed by atoms with Crippen molar-refractivity contribution < 1.29 is 9.53 Å². The smallest absolute Gasteiger partial charge is 0.134 e. The Balaban J connectivity index is 0.00000139. The second-order valence-corrected chi connectivity index (χ2v) is 6.50. The molecule has 4 heteroatoms. The summed E-state index contributed by atoms with van der Waals surface area (Å²) in [5.41, 5.74) is 2.91. The number of ketones is 1. The lowest BCUT2D eigenvalue weighted by molar-refractivity contribution is -0.116. The number of Topliss-reactive ketones (excluding diaryl/α,β-unsaturated/α-hetero) is 1. The number of benzene rings is 1. The number of hydrogen-bond donors (Lipinski definition) is 0. The van der Waals surface area contributed by atoms with Crippen LogP contribution in [0.2, 0.25) is 0 Å². The minimum atomic E-state index is -0.122. The molecule has 24 heavy (non-hydrogen) atoms. The second-order valence-electron chi connectivity index (χ2n) is 6.50. The Bertz CT molecular complexity index is 622. The first kappa shape index (κ1) is 20.1.